The van der Waals surface area contributed by atoms with Gasteiger partial charge in [-0.3, -0.25) is 9.79 Å². The number of hydrogen-bond acceptors (Lipinski definition) is 4. The maximum Gasteiger partial charge on any atom is 0.224 e. The first kappa shape index (κ1) is 25.6. The zero-order valence-corrected chi connectivity index (χ0v) is 20.1. The molecule has 1 aliphatic heterocycles. The van der Waals surface area contributed by atoms with Crippen molar-refractivity contribution in [3.8, 4) is 0 Å². The number of rotatable bonds is 10. The Labute approximate surface area is 191 Å². The van der Waals surface area contributed by atoms with E-state index in [2.05, 4.69) is 20.5 Å². The van der Waals surface area contributed by atoms with E-state index in [9.17, 15) is 4.79 Å². The summed E-state index contributed by atoms with van der Waals surface area (Å²) in [4.78, 5) is 18.4. The minimum Gasteiger partial charge on any atom is -0.382 e. The molecule has 0 aliphatic carbocycles. The lowest BCUT2D eigenvalue weighted by Crippen LogP contribution is -2.39. The predicted molar refractivity (Wildman–Crippen MR) is 128 cm³/mol. The van der Waals surface area contributed by atoms with Gasteiger partial charge >= 0.3 is 0 Å². The van der Waals surface area contributed by atoms with E-state index in [1.54, 1.807) is 7.11 Å². The fourth-order valence-electron chi connectivity index (χ4n) is 3.22. The molecule has 7 nitrogen and oxygen atoms in total. The summed E-state index contributed by atoms with van der Waals surface area (Å²) in [6.07, 6.45) is 2.51. The van der Waals surface area contributed by atoms with Crippen molar-refractivity contribution in [1.29, 1.82) is 0 Å². The average molecular weight is 518 g/mol. The van der Waals surface area contributed by atoms with Crippen LogP contribution in [0.4, 0.5) is 5.69 Å². The lowest BCUT2D eigenvalue weighted by Gasteiger charge is -2.22. The first-order valence-electron chi connectivity index (χ1n) is 10.1. The van der Waals surface area contributed by atoms with Gasteiger partial charge in [0.25, 0.3) is 0 Å². The number of amides is 1. The predicted octanol–water partition coefficient (Wildman–Crippen LogP) is 3.10. The van der Waals surface area contributed by atoms with E-state index < -0.39 is 0 Å². The summed E-state index contributed by atoms with van der Waals surface area (Å²) in [6.45, 7) is 6.69. The molecule has 0 aromatic heterocycles. The van der Waals surface area contributed by atoms with Crippen molar-refractivity contribution in [3.05, 3.63) is 29.8 Å². The van der Waals surface area contributed by atoms with E-state index in [0.29, 0.717) is 32.1 Å². The lowest BCUT2D eigenvalue weighted by atomic mass is 10.1. The minimum absolute atomic E-state index is 0. The first-order chi connectivity index (χ1) is 13.7. The number of hydrogen-bond donors (Lipinski definition) is 2. The summed E-state index contributed by atoms with van der Waals surface area (Å²) in [6, 6.07) is 7.93. The molecule has 164 valence electrons. The topological polar surface area (TPSA) is 75.2 Å². The number of aliphatic imine (C=N–C) groups is 1. The summed E-state index contributed by atoms with van der Waals surface area (Å²) in [5, 5.41) is 6.34. The van der Waals surface area contributed by atoms with Crippen molar-refractivity contribution in [3.63, 3.8) is 0 Å². The average Bonchev–Trinajstić information content (AvgIpc) is 3.16. The van der Waals surface area contributed by atoms with Gasteiger partial charge in [-0.15, -0.1) is 24.0 Å². The van der Waals surface area contributed by atoms with Crippen LogP contribution in [0.15, 0.2) is 29.3 Å². The molecule has 2 rings (SSSR count). The molecule has 1 amide bonds. The Bertz CT molecular complexity index is 625. The number of benzene rings is 1. The van der Waals surface area contributed by atoms with Gasteiger partial charge in [0.2, 0.25) is 5.91 Å². The molecule has 8 heteroatoms. The summed E-state index contributed by atoms with van der Waals surface area (Å²) in [5.41, 5.74) is 1.98. The highest BCUT2D eigenvalue weighted by molar-refractivity contribution is 14.0. The highest BCUT2D eigenvalue weighted by Gasteiger charge is 2.24. The zero-order chi connectivity index (χ0) is 20.2. The molecule has 1 saturated heterocycles. The number of halogens is 1. The third-order valence-electron chi connectivity index (χ3n) is 4.75. The van der Waals surface area contributed by atoms with E-state index in [1.807, 2.05) is 38.2 Å². The normalized spacial score (nSPS) is 16.4. The molecule has 1 unspecified atom stereocenters. The van der Waals surface area contributed by atoms with Crippen LogP contribution >= 0.6 is 24.0 Å². The molecule has 1 aliphatic rings. The molecule has 2 N–H and O–H groups in total. The van der Waals surface area contributed by atoms with Gasteiger partial charge in [-0.05, 0) is 30.5 Å². The smallest absolute Gasteiger partial charge is 0.224 e. The quantitative estimate of drug-likeness (QED) is 0.216. The number of likely N-dealkylation sites (tertiary alicyclic amines) is 1. The van der Waals surface area contributed by atoms with E-state index in [-0.39, 0.29) is 29.9 Å². The molecular formula is C21H35IN4O3. The number of nitrogens with zero attached hydrogens (tertiary/aromatic N) is 2. The lowest BCUT2D eigenvalue weighted by molar-refractivity contribution is -0.116. The second kappa shape index (κ2) is 14.6. The van der Waals surface area contributed by atoms with Crippen molar-refractivity contribution in [1.82, 2.24) is 10.2 Å². The third-order valence-corrected chi connectivity index (χ3v) is 4.75. The number of nitrogens with one attached hydrogen (secondary N) is 2. The van der Waals surface area contributed by atoms with Gasteiger partial charge in [0.05, 0.1) is 19.8 Å². The summed E-state index contributed by atoms with van der Waals surface area (Å²) in [5.74, 6) is 1.50. The summed E-state index contributed by atoms with van der Waals surface area (Å²) >= 11 is 0. The largest absolute Gasteiger partial charge is 0.382 e. The van der Waals surface area contributed by atoms with Crippen LogP contribution in [0.2, 0.25) is 0 Å². The molecule has 1 aromatic carbocycles. The Kier molecular flexibility index (Phi) is 12.9. The van der Waals surface area contributed by atoms with Crippen molar-refractivity contribution in [2.45, 2.75) is 32.7 Å². The summed E-state index contributed by atoms with van der Waals surface area (Å²) in [7, 11) is 3.50. The summed E-state index contributed by atoms with van der Waals surface area (Å²) < 4.78 is 10.7. The number of guanidine groups is 1. The SMILES string of the molecule is CCCC(=O)Nc1ccc(CNC(=NC)N2CCC(COCCOC)C2)cc1.I. The molecule has 1 aromatic rings. The molecule has 0 bridgehead atoms. The molecule has 1 fully saturated rings. The number of ether oxygens (including phenoxy) is 2. The van der Waals surface area contributed by atoms with E-state index in [1.165, 1.54) is 0 Å². The maximum absolute atomic E-state index is 11.7. The van der Waals surface area contributed by atoms with E-state index >= 15 is 0 Å². The third kappa shape index (κ3) is 9.31. The number of carbonyl (C=O) groups is 1. The van der Waals surface area contributed by atoms with Gasteiger partial charge in [0.15, 0.2) is 5.96 Å². The zero-order valence-electron chi connectivity index (χ0n) is 17.8. The minimum atomic E-state index is 0. The molecule has 0 saturated carbocycles. The van der Waals surface area contributed by atoms with Crippen molar-refractivity contribution >= 4 is 41.5 Å². The van der Waals surface area contributed by atoms with Crippen molar-refractivity contribution in [2.75, 3.05) is 52.4 Å². The van der Waals surface area contributed by atoms with Gasteiger partial charge < -0.3 is 25.0 Å². The van der Waals surface area contributed by atoms with Crippen LogP contribution in [0.1, 0.15) is 31.7 Å². The molecule has 1 heterocycles. The molecule has 0 spiro atoms. The fraction of sp³-hybridized carbons (Fsp3) is 0.619. The maximum atomic E-state index is 11.7. The van der Waals surface area contributed by atoms with Gasteiger partial charge in [-0.25, -0.2) is 0 Å². The molecular weight excluding hydrogens is 483 g/mol. The Balaban J connectivity index is 0.00000420. The monoisotopic (exact) mass is 518 g/mol. The Morgan fingerprint density at radius 3 is 2.69 bits per heavy atom. The number of anilines is 1. The Morgan fingerprint density at radius 2 is 2.03 bits per heavy atom. The highest BCUT2D eigenvalue weighted by Crippen LogP contribution is 2.17. The second-order valence-corrected chi connectivity index (χ2v) is 7.06. The Hall–Kier alpha value is -1.39. The van der Waals surface area contributed by atoms with Crippen molar-refractivity contribution < 1.29 is 14.3 Å². The second-order valence-electron chi connectivity index (χ2n) is 7.06. The van der Waals surface area contributed by atoms with Crippen LogP contribution in [0.25, 0.3) is 0 Å². The standard InChI is InChI=1S/C21H34N4O3.HI/c1-4-5-20(26)24-19-8-6-17(7-9-19)14-23-21(22-2)25-11-10-18(15-25)16-28-13-12-27-3;/h6-9,18H,4-5,10-16H2,1-3H3,(H,22,23)(H,24,26);1H. The highest BCUT2D eigenvalue weighted by atomic mass is 127. The molecule has 0 radical (unpaired) electrons. The van der Waals surface area contributed by atoms with Crippen LogP contribution in [0.3, 0.4) is 0 Å². The van der Waals surface area contributed by atoms with Crippen LogP contribution in [-0.2, 0) is 20.8 Å². The molecule has 29 heavy (non-hydrogen) atoms. The number of carbonyl (C=O) groups excluding carboxylic acids is 1. The number of methoxy groups -OCH3 is 1. The van der Waals surface area contributed by atoms with Gasteiger partial charge in [0, 0.05) is 51.8 Å². The molecule has 1 atom stereocenters. The van der Waals surface area contributed by atoms with E-state index in [4.69, 9.17) is 9.47 Å². The van der Waals surface area contributed by atoms with Crippen LogP contribution < -0.4 is 10.6 Å². The first-order valence-corrected chi connectivity index (χ1v) is 10.1. The van der Waals surface area contributed by atoms with Crippen LogP contribution in [-0.4, -0.2) is 63.8 Å². The van der Waals surface area contributed by atoms with Gasteiger partial charge in [0.1, 0.15) is 0 Å². The van der Waals surface area contributed by atoms with Crippen LogP contribution in [0, 0.1) is 5.92 Å². The van der Waals surface area contributed by atoms with E-state index in [0.717, 1.165) is 49.7 Å². The van der Waals surface area contributed by atoms with Crippen LogP contribution in [0.5, 0.6) is 0 Å². The van der Waals surface area contributed by atoms with Gasteiger partial charge in [-0.2, -0.15) is 0 Å². The van der Waals surface area contributed by atoms with Gasteiger partial charge in [-0.1, -0.05) is 19.1 Å². The Morgan fingerprint density at radius 1 is 1.28 bits per heavy atom. The fourth-order valence-corrected chi connectivity index (χ4v) is 3.22. The van der Waals surface area contributed by atoms with Crippen molar-refractivity contribution in [2.24, 2.45) is 10.9 Å².